The van der Waals surface area contributed by atoms with Gasteiger partial charge in [0.15, 0.2) is 0 Å². The van der Waals surface area contributed by atoms with Gasteiger partial charge in [-0.2, -0.15) is 0 Å². The number of hydrogen-bond acceptors (Lipinski definition) is 3. The molecule has 1 N–H and O–H groups in total. The Labute approximate surface area is 133 Å². The molecule has 3 rings (SSSR count). The van der Waals surface area contributed by atoms with E-state index in [9.17, 15) is 19.5 Å². The topological polar surface area (TPSA) is 76.4 Å². The van der Waals surface area contributed by atoms with Crippen molar-refractivity contribution in [1.29, 1.82) is 0 Å². The van der Waals surface area contributed by atoms with Gasteiger partial charge < -0.3 is 9.67 Å². The maximum atomic E-state index is 12.4. The Morgan fingerprint density at radius 1 is 1.22 bits per heavy atom. The minimum absolute atomic E-state index is 0.0741. The molecule has 5 nitrogen and oxygen atoms in total. The van der Waals surface area contributed by atoms with E-state index in [0.29, 0.717) is 19.4 Å². The number of carboxylic acids is 1. The molecule has 0 atom stereocenters. The number of pyridine rings is 1. The van der Waals surface area contributed by atoms with Crippen LogP contribution in [0.3, 0.4) is 0 Å². The van der Waals surface area contributed by atoms with Crippen molar-refractivity contribution in [3.05, 3.63) is 45.7 Å². The van der Waals surface area contributed by atoms with Gasteiger partial charge in [-0.05, 0) is 49.4 Å². The maximum Gasteiger partial charge on any atom is 0.335 e. The minimum Gasteiger partial charge on any atom is -0.478 e. The van der Waals surface area contributed by atoms with Gasteiger partial charge in [0.25, 0.3) is 5.56 Å². The second-order valence-corrected chi connectivity index (χ2v) is 6.03. The fraction of sp³-hybridized carbons (Fsp3) is 0.389. The molecule has 0 amide bonds. The quantitative estimate of drug-likeness (QED) is 0.945. The summed E-state index contributed by atoms with van der Waals surface area (Å²) >= 11 is 0. The Morgan fingerprint density at radius 2 is 1.91 bits per heavy atom. The summed E-state index contributed by atoms with van der Waals surface area (Å²) in [5, 5.41) is 10.1. The molecule has 0 unspecified atom stereocenters. The highest BCUT2D eigenvalue weighted by Gasteiger charge is 2.23. The zero-order valence-electron chi connectivity index (χ0n) is 13.0. The lowest BCUT2D eigenvalue weighted by Gasteiger charge is -2.23. The third kappa shape index (κ3) is 2.79. The van der Waals surface area contributed by atoms with Gasteiger partial charge in [0.05, 0.1) is 11.1 Å². The second-order valence-electron chi connectivity index (χ2n) is 6.03. The first-order chi connectivity index (χ1) is 11.0. The standard InChI is InChI=1S/C18H19NO4/c1-2-19-16-8-5-12(18(22)23)9-15(16)14(10-17(19)21)11-3-6-13(20)7-4-11/h5,8-11H,2-4,6-7H2,1H3,(H,22,23). The Hall–Kier alpha value is -2.43. The highest BCUT2D eigenvalue weighted by molar-refractivity contribution is 5.94. The molecule has 2 aromatic rings. The highest BCUT2D eigenvalue weighted by atomic mass is 16.4. The minimum atomic E-state index is -0.981. The number of fused-ring (bicyclic) bond motifs is 1. The third-order valence-electron chi connectivity index (χ3n) is 4.69. The van der Waals surface area contributed by atoms with E-state index in [1.165, 1.54) is 6.07 Å². The average Bonchev–Trinajstić information content (AvgIpc) is 2.54. The molecule has 5 heteroatoms. The van der Waals surface area contributed by atoms with Crippen LogP contribution in [-0.2, 0) is 11.3 Å². The molecule has 1 heterocycles. The van der Waals surface area contributed by atoms with E-state index in [1.54, 1.807) is 22.8 Å². The van der Waals surface area contributed by atoms with Crippen LogP contribution in [0.4, 0.5) is 0 Å². The molecule has 1 aromatic heterocycles. The number of benzene rings is 1. The Bertz CT molecular complexity index is 840. The monoisotopic (exact) mass is 313 g/mol. The van der Waals surface area contributed by atoms with Crippen molar-refractivity contribution in [2.45, 2.75) is 45.1 Å². The first-order valence-corrected chi connectivity index (χ1v) is 7.93. The fourth-order valence-electron chi connectivity index (χ4n) is 3.46. The van der Waals surface area contributed by atoms with Gasteiger partial charge in [-0.3, -0.25) is 9.59 Å². The number of ketones is 1. The summed E-state index contributed by atoms with van der Waals surface area (Å²) in [5.41, 5.74) is 1.78. The van der Waals surface area contributed by atoms with E-state index in [-0.39, 0.29) is 22.8 Å². The van der Waals surface area contributed by atoms with Crippen molar-refractivity contribution < 1.29 is 14.7 Å². The predicted octanol–water partition coefficient (Wildman–Crippen LogP) is 2.95. The van der Waals surface area contributed by atoms with Crippen LogP contribution in [0, 0.1) is 0 Å². The number of aryl methyl sites for hydroxylation is 1. The van der Waals surface area contributed by atoms with Crippen LogP contribution < -0.4 is 5.56 Å². The molecule has 0 spiro atoms. The summed E-state index contributed by atoms with van der Waals surface area (Å²) in [6.45, 7) is 2.43. The average molecular weight is 313 g/mol. The number of carbonyl (C=O) groups is 2. The van der Waals surface area contributed by atoms with Crippen molar-refractivity contribution >= 4 is 22.7 Å². The molecular weight excluding hydrogens is 294 g/mol. The maximum absolute atomic E-state index is 12.4. The smallest absolute Gasteiger partial charge is 0.335 e. The lowest BCUT2D eigenvalue weighted by Crippen LogP contribution is -2.22. The van der Waals surface area contributed by atoms with Crippen LogP contribution in [-0.4, -0.2) is 21.4 Å². The lowest BCUT2D eigenvalue weighted by atomic mass is 9.82. The SMILES string of the molecule is CCn1c(=O)cc(C2CCC(=O)CC2)c2cc(C(=O)O)ccc21. The van der Waals surface area contributed by atoms with Crippen LogP contribution >= 0.6 is 0 Å². The Balaban J connectivity index is 2.23. The van der Waals surface area contributed by atoms with Crippen LogP contribution in [0.5, 0.6) is 0 Å². The van der Waals surface area contributed by atoms with Gasteiger partial charge in [0.1, 0.15) is 5.78 Å². The molecule has 1 aliphatic rings. The van der Waals surface area contributed by atoms with Gasteiger partial charge >= 0.3 is 5.97 Å². The number of aromatic nitrogens is 1. The Morgan fingerprint density at radius 3 is 2.52 bits per heavy atom. The summed E-state index contributed by atoms with van der Waals surface area (Å²) in [6, 6.07) is 6.51. The largest absolute Gasteiger partial charge is 0.478 e. The van der Waals surface area contributed by atoms with Gasteiger partial charge in [0, 0.05) is 30.8 Å². The number of nitrogens with zero attached hydrogens (tertiary/aromatic N) is 1. The van der Waals surface area contributed by atoms with E-state index >= 15 is 0 Å². The number of aromatic carboxylic acids is 1. The molecule has 23 heavy (non-hydrogen) atoms. The zero-order valence-corrected chi connectivity index (χ0v) is 13.0. The predicted molar refractivity (Wildman–Crippen MR) is 87.1 cm³/mol. The molecule has 1 fully saturated rings. The number of carbonyl (C=O) groups excluding carboxylic acids is 1. The summed E-state index contributed by atoms with van der Waals surface area (Å²) in [7, 11) is 0. The van der Waals surface area contributed by atoms with Crippen LogP contribution in [0.2, 0.25) is 0 Å². The van der Waals surface area contributed by atoms with Gasteiger partial charge in [-0.15, -0.1) is 0 Å². The molecule has 1 aromatic carbocycles. The van der Waals surface area contributed by atoms with Crippen molar-refractivity contribution in [2.75, 3.05) is 0 Å². The molecule has 0 bridgehead atoms. The van der Waals surface area contributed by atoms with Crippen molar-refractivity contribution in [3.63, 3.8) is 0 Å². The first kappa shape index (κ1) is 15.5. The van der Waals surface area contributed by atoms with Crippen LogP contribution in [0.1, 0.15) is 54.4 Å². The fourth-order valence-corrected chi connectivity index (χ4v) is 3.46. The van der Waals surface area contributed by atoms with E-state index in [4.69, 9.17) is 0 Å². The first-order valence-electron chi connectivity index (χ1n) is 7.93. The van der Waals surface area contributed by atoms with E-state index in [0.717, 1.165) is 29.3 Å². The molecule has 1 aliphatic carbocycles. The molecule has 0 aliphatic heterocycles. The summed E-state index contributed by atoms with van der Waals surface area (Å²) in [5.74, 6) is -0.581. The van der Waals surface area contributed by atoms with Crippen LogP contribution in [0.25, 0.3) is 10.9 Å². The molecule has 0 radical (unpaired) electrons. The number of hydrogen-bond donors (Lipinski definition) is 1. The van der Waals surface area contributed by atoms with Crippen LogP contribution in [0.15, 0.2) is 29.1 Å². The number of Topliss-reactive ketones (excluding diaryl/α,β-unsaturated/α-hetero) is 1. The number of rotatable bonds is 3. The third-order valence-corrected chi connectivity index (χ3v) is 4.69. The van der Waals surface area contributed by atoms with Gasteiger partial charge in [-0.1, -0.05) is 0 Å². The normalized spacial score (nSPS) is 16.0. The lowest BCUT2D eigenvalue weighted by molar-refractivity contribution is -0.120. The highest BCUT2D eigenvalue weighted by Crippen LogP contribution is 2.35. The molecule has 120 valence electrons. The number of carboxylic acid groups (broad SMARTS) is 1. The molecule has 1 saturated carbocycles. The zero-order chi connectivity index (χ0) is 16.6. The van der Waals surface area contributed by atoms with E-state index in [1.807, 2.05) is 6.92 Å². The summed E-state index contributed by atoms with van der Waals surface area (Å²) in [4.78, 5) is 35.1. The van der Waals surface area contributed by atoms with Crippen molar-refractivity contribution in [3.8, 4) is 0 Å². The molecule has 0 saturated heterocycles. The summed E-state index contributed by atoms with van der Waals surface area (Å²) < 4.78 is 1.65. The van der Waals surface area contributed by atoms with Crippen molar-refractivity contribution in [2.24, 2.45) is 0 Å². The van der Waals surface area contributed by atoms with Gasteiger partial charge in [-0.25, -0.2) is 4.79 Å². The van der Waals surface area contributed by atoms with E-state index in [2.05, 4.69) is 0 Å². The second kappa shape index (κ2) is 5.99. The van der Waals surface area contributed by atoms with Crippen molar-refractivity contribution in [1.82, 2.24) is 4.57 Å². The Kier molecular flexibility index (Phi) is 4.03. The van der Waals surface area contributed by atoms with Gasteiger partial charge in [0.2, 0.25) is 0 Å². The molecular formula is C18H19NO4. The van der Waals surface area contributed by atoms with E-state index < -0.39 is 5.97 Å². The summed E-state index contributed by atoms with van der Waals surface area (Å²) in [6.07, 6.45) is 2.50.